The fraction of sp³-hybridized carbons (Fsp3) is 0.111. The highest BCUT2D eigenvalue weighted by Crippen LogP contribution is 2.18. The van der Waals surface area contributed by atoms with E-state index in [-0.39, 0.29) is 0 Å². The number of carbonyl (C=O) groups is 1. The van der Waals surface area contributed by atoms with Crippen LogP contribution in [0.3, 0.4) is 0 Å². The van der Waals surface area contributed by atoms with Crippen molar-refractivity contribution in [1.82, 2.24) is 5.16 Å². The number of aromatic nitrogens is 1. The van der Waals surface area contributed by atoms with E-state index in [9.17, 15) is 0 Å². The number of carboxylic acids is 1. The number of fused-ring (bicyclic) bond motifs is 1. The molecule has 0 bridgehead atoms. The first-order valence-electron chi connectivity index (χ1n) is 3.90. The van der Waals surface area contributed by atoms with Gasteiger partial charge < -0.3 is 15.4 Å². The van der Waals surface area contributed by atoms with E-state index in [2.05, 4.69) is 5.16 Å². The number of nitrogens with two attached hydrogens (primary N) is 1. The van der Waals surface area contributed by atoms with E-state index in [4.69, 9.17) is 20.2 Å². The Bertz CT molecular complexity index is 432. The Morgan fingerprint density at radius 3 is 2.64 bits per heavy atom. The lowest BCUT2D eigenvalue weighted by atomic mass is 10.2. The molecule has 5 heteroatoms. The highest BCUT2D eigenvalue weighted by atomic mass is 16.5. The lowest BCUT2D eigenvalue weighted by Gasteiger charge is -1.82. The van der Waals surface area contributed by atoms with E-state index in [1.165, 1.54) is 0 Å². The van der Waals surface area contributed by atoms with E-state index in [0.29, 0.717) is 5.82 Å². The van der Waals surface area contributed by atoms with Crippen molar-refractivity contribution in [3.05, 3.63) is 24.3 Å². The van der Waals surface area contributed by atoms with Gasteiger partial charge in [0.25, 0.3) is 5.97 Å². The summed E-state index contributed by atoms with van der Waals surface area (Å²) < 4.78 is 4.87. The second-order valence-electron chi connectivity index (χ2n) is 2.58. The molecule has 1 aromatic carbocycles. The molecule has 0 aliphatic carbocycles. The van der Waals surface area contributed by atoms with Crippen molar-refractivity contribution >= 4 is 22.8 Å². The number of hydrogen-bond acceptors (Lipinski definition) is 4. The van der Waals surface area contributed by atoms with Gasteiger partial charge in [-0.2, -0.15) is 0 Å². The topological polar surface area (TPSA) is 89.3 Å². The average molecular weight is 194 g/mol. The number of carboxylic acid groups (broad SMARTS) is 1. The zero-order chi connectivity index (χ0) is 10.6. The minimum absolute atomic E-state index is 0.454. The maximum absolute atomic E-state index is 9.00. The molecule has 0 fully saturated rings. The van der Waals surface area contributed by atoms with Crippen molar-refractivity contribution in [2.24, 2.45) is 0 Å². The summed E-state index contributed by atoms with van der Waals surface area (Å²) in [7, 11) is 0. The first-order chi connectivity index (χ1) is 6.61. The summed E-state index contributed by atoms with van der Waals surface area (Å²) in [4.78, 5) is 9.00. The molecule has 0 saturated carbocycles. The molecule has 1 heterocycles. The summed E-state index contributed by atoms with van der Waals surface area (Å²) >= 11 is 0. The Kier molecular flexibility index (Phi) is 3.06. The third-order valence-electron chi connectivity index (χ3n) is 1.41. The second-order valence-corrected chi connectivity index (χ2v) is 2.58. The predicted octanol–water partition coefficient (Wildman–Crippen LogP) is 1.50. The zero-order valence-corrected chi connectivity index (χ0v) is 7.60. The van der Waals surface area contributed by atoms with Gasteiger partial charge in [-0.3, -0.25) is 4.79 Å². The van der Waals surface area contributed by atoms with E-state index in [1.807, 2.05) is 24.3 Å². The minimum atomic E-state index is -0.833. The number of nitrogens with zero attached hydrogens (tertiary/aromatic N) is 1. The van der Waals surface area contributed by atoms with Crippen molar-refractivity contribution in [1.29, 1.82) is 0 Å². The van der Waals surface area contributed by atoms with Crippen LogP contribution in [0.15, 0.2) is 28.8 Å². The Hall–Kier alpha value is -2.04. The van der Waals surface area contributed by atoms with Crippen LogP contribution in [0.1, 0.15) is 6.92 Å². The van der Waals surface area contributed by atoms with Crippen LogP contribution in [0.2, 0.25) is 0 Å². The van der Waals surface area contributed by atoms with Crippen molar-refractivity contribution in [2.75, 3.05) is 5.73 Å². The van der Waals surface area contributed by atoms with Gasteiger partial charge >= 0.3 is 0 Å². The van der Waals surface area contributed by atoms with Gasteiger partial charge in [-0.05, 0) is 12.1 Å². The van der Waals surface area contributed by atoms with E-state index in [1.54, 1.807) is 0 Å². The van der Waals surface area contributed by atoms with E-state index < -0.39 is 5.97 Å². The first-order valence-corrected chi connectivity index (χ1v) is 3.90. The molecule has 1 aromatic heterocycles. The van der Waals surface area contributed by atoms with Gasteiger partial charge in [-0.15, -0.1) is 0 Å². The molecule has 5 nitrogen and oxygen atoms in total. The molecule has 3 N–H and O–H groups in total. The molecule has 2 rings (SSSR count). The van der Waals surface area contributed by atoms with Crippen LogP contribution >= 0.6 is 0 Å². The van der Waals surface area contributed by atoms with Gasteiger partial charge in [0.2, 0.25) is 0 Å². The number of aliphatic carboxylic acids is 1. The molecule has 0 atom stereocenters. The quantitative estimate of drug-likeness (QED) is 0.663. The summed E-state index contributed by atoms with van der Waals surface area (Å²) in [5.74, 6) is -0.379. The molecule has 0 unspecified atom stereocenters. The minimum Gasteiger partial charge on any atom is -0.481 e. The van der Waals surface area contributed by atoms with Crippen molar-refractivity contribution < 1.29 is 14.4 Å². The van der Waals surface area contributed by atoms with Crippen molar-refractivity contribution in [3.63, 3.8) is 0 Å². The number of anilines is 1. The van der Waals surface area contributed by atoms with E-state index in [0.717, 1.165) is 17.9 Å². The fourth-order valence-corrected chi connectivity index (χ4v) is 0.905. The van der Waals surface area contributed by atoms with E-state index >= 15 is 0 Å². The molecule has 0 saturated heterocycles. The van der Waals surface area contributed by atoms with Crippen LogP contribution in [-0.4, -0.2) is 16.2 Å². The summed E-state index contributed by atoms with van der Waals surface area (Å²) in [6, 6.07) is 7.49. The maximum atomic E-state index is 9.00. The third kappa shape index (κ3) is 2.48. The molecule has 14 heavy (non-hydrogen) atoms. The smallest absolute Gasteiger partial charge is 0.300 e. The number of nitrogen functional groups attached to an aromatic ring is 1. The highest BCUT2D eigenvalue weighted by Gasteiger charge is 2.00. The number of para-hydroxylation sites is 1. The Morgan fingerprint density at radius 1 is 1.50 bits per heavy atom. The molecule has 0 amide bonds. The second kappa shape index (κ2) is 4.27. The SMILES string of the molecule is CC(=O)O.Nc1noc2ccccc12. The Labute approximate surface area is 80.1 Å². The maximum Gasteiger partial charge on any atom is 0.300 e. The molecular weight excluding hydrogens is 184 g/mol. The molecule has 74 valence electrons. The van der Waals surface area contributed by atoms with Crippen LogP contribution < -0.4 is 5.73 Å². The average Bonchev–Trinajstić information content (AvgIpc) is 2.48. The standard InChI is InChI=1S/C7H6N2O.C2H4O2/c8-7-5-3-1-2-4-6(5)10-9-7;1-2(3)4/h1-4H,(H2,8,9);1H3,(H,3,4). The summed E-state index contributed by atoms with van der Waals surface area (Å²) in [5.41, 5.74) is 6.21. The zero-order valence-electron chi connectivity index (χ0n) is 7.60. The molecule has 0 radical (unpaired) electrons. The van der Waals surface area contributed by atoms with Crippen LogP contribution in [-0.2, 0) is 4.79 Å². The Balaban J connectivity index is 0.000000213. The number of hydrogen-bond donors (Lipinski definition) is 2. The first kappa shape index (κ1) is 10.0. The van der Waals surface area contributed by atoms with Crippen LogP contribution in [0, 0.1) is 0 Å². The third-order valence-corrected chi connectivity index (χ3v) is 1.41. The van der Waals surface area contributed by atoms with Gasteiger partial charge in [-0.25, -0.2) is 0 Å². The van der Waals surface area contributed by atoms with Gasteiger partial charge in [0, 0.05) is 6.92 Å². The van der Waals surface area contributed by atoms with Crippen molar-refractivity contribution in [3.8, 4) is 0 Å². The molecule has 2 aromatic rings. The van der Waals surface area contributed by atoms with Gasteiger partial charge in [-0.1, -0.05) is 17.3 Å². The van der Waals surface area contributed by atoms with Crippen molar-refractivity contribution in [2.45, 2.75) is 6.92 Å². The lowest BCUT2D eigenvalue weighted by Crippen LogP contribution is -1.82. The van der Waals surface area contributed by atoms with Gasteiger partial charge in [0.15, 0.2) is 11.4 Å². The fourth-order valence-electron chi connectivity index (χ4n) is 0.905. The monoisotopic (exact) mass is 194 g/mol. The Morgan fingerprint density at radius 2 is 2.07 bits per heavy atom. The summed E-state index contributed by atoms with van der Waals surface area (Å²) in [6.07, 6.45) is 0. The summed E-state index contributed by atoms with van der Waals surface area (Å²) in [5, 5.41) is 11.9. The van der Waals surface area contributed by atoms with Crippen LogP contribution in [0.4, 0.5) is 5.82 Å². The molecule has 0 aliphatic rings. The number of rotatable bonds is 0. The molecular formula is C9H10N2O3. The largest absolute Gasteiger partial charge is 0.481 e. The molecule has 0 aliphatic heterocycles. The van der Waals surface area contributed by atoms with Gasteiger partial charge in [0.05, 0.1) is 5.39 Å². The highest BCUT2D eigenvalue weighted by molar-refractivity contribution is 5.86. The molecule has 0 spiro atoms. The van der Waals surface area contributed by atoms with Gasteiger partial charge in [0.1, 0.15) is 0 Å². The number of benzene rings is 1. The lowest BCUT2D eigenvalue weighted by molar-refractivity contribution is -0.134. The summed E-state index contributed by atoms with van der Waals surface area (Å²) in [6.45, 7) is 1.08. The normalized spacial score (nSPS) is 9.21. The van der Waals surface area contributed by atoms with Crippen LogP contribution in [0.25, 0.3) is 11.0 Å². The van der Waals surface area contributed by atoms with Crippen LogP contribution in [0.5, 0.6) is 0 Å². The predicted molar refractivity (Wildman–Crippen MR) is 51.7 cm³/mol.